The molecule has 1 aliphatic rings. The predicted molar refractivity (Wildman–Crippen MR) is 108 cm³/mol. The van der Waals surface area contributed by atoms with E-state index in [1.807, 2.05) is 90.1 Å². The van der Waals surface area contributed by atoms with Gasteiger partial charge in [0, 0.05) is 44.3 Å². The first-order chi connectivity index (χ1) is 13.3. The number of rotatable bonds is 4. The quantitative estimate of drug-likeness (QED) is 0.716. The first-order valence-corrected chi connectivity index (χ1v) is 9.36. The van der Waals surface area contributed by atoms with Gasteiger partial charge in [-0.3, -0.25) is 9.78 Å². The summed E-state index contributed by atoms with van der Waals surface area (Å²) in [4.78, 5) is 21.8. The van der Waals surface area contributed by atoms with Gasteiger partial charge in [0.05, 0.1) is 5.92 Å². The minimum absolute atomic E-state index is 0.182. The Labute approximate surface area is 160 Å². The Morgan fingerprint density at radius 3 is 1.78 bits per heavy atom. The molecule has 4 heteroatoms. The Morgan fingerprint density at radius 1 is 0.741 bits per heavy atom. The number of benzene rings is 2. The van der Waals surface area contributed by atoms with Crippen molar-refractivity contribution in [2.45, 2.75) is 5.92 Å². The second kappa shape index (κ2) is 8.04. The fraction of sp³-hybridized carbons (Fsp3) is 0.217. The number of carbonyl (C=O) groups excluding carboxylic acids is 1. The first kappa shape index (κ1) is 17.3. The van der Waals surface area contributed by atoms with Crippen molar-refractivity contribution in [1.29, 1.82) is 0 Å². The van der Waals surface area contributed by atoms with Crippen LogP contribution in [0.3, 0.4) is 0 Å². The maximum absolute atomic E-state index is 13.4. The van der Waals surface area contributed by atoms with Crippen LogP contribution in [-0.4, -0.2) is 42.0 Å². The molecule has 0 aliphatic carbocycles. The van der Waals surface area contributed by atoms with Crippen molar-refractivity contribution in [2.75, 3.05) is 31.1 Å². The lowest BCUT2D eigenvalue weighted by molar-refractivity contribution is -0.132. The van der Waals surface area contributed by atoms with Crippen LogP contribution in [0.5, 0.6) is 0 Å². The van der Waals surface area contributed by atoms with Crippen molar-refractivity contribution in [3.63, 3.8) is 0 Å². The van der Waals surface area contributed by atoms with Crippen LogP contribution >= 0.6 is 0 Å². The monoisotopic (exact) mass is 357 g/mol. The molecule has 0 bridgehead atoms. The van der Waals surface area contributed by atoms with Crippen LogP contribution in [-0.2, 0) is 4.79 Å². The van der Waals surface area contributed by atoms with E-state index in [2.05, 4.69) is 9.88 Å². The molecule has 1 saturated heterocycles. The highest BCUT2D eigenvalue weighted by atomic mass is 16.2. The Balaban J connectivity index is 1.53. The van der Waals surface area contributed by atoms with Crippen LogP contribution in [0, 0.1) is 0 Å². The van der Waals surface area contributed by atoms with E-state index in [-0.39, 0.29) is 11.8 Å². The summed E-state index contributed by atoms with van der Waals surface area (Å²) >= 11 is 0. The van der Waals surface area contributed by atoms with Crippen LogP contribution in [0.25, 0.3) is 0 Å². The molecular weight excluding hydrogens is 334 g/mol. The van der Waals surface area contributed by atoms with Crippen LogP contribution in [0.4, 0.5) is 5.69 Å². The Bertz CT molecular complexity index is 820. The van der Waals surface area contributed by atoms with E-state index < -0.39 is 0 Å². The molecule has 4 rings (SSSR count). The Hall–Kier alpha value is -3.14. The highest BCUT2D eigenvalue weighted by Crippen LogP contribution is 2.27. The molecule has 0 atom stereocenters. The molecule has 0 N–H and O–H groups in total. The number of anilines is 1. The number of piperazine rings is 1. The second-order valence-corrected chi connectivity index (χ2v) is 6.77. The molecule has 4 nitrogen and oxygen atoms in total. The van der Waals surface area contributed by atoms with E-state index >= 15 is 0 Å². The number of hydrogen-bond donors (Lipinski definition) is 0. The van der Waals surface area contributed by atoms with Gasteiger partial charge in [0.1, 0.15) is 0 Å². The molecule has 1 aliphatic heterocycles. The molecule has 2 aromatic carbocycles. The van der Waals surface area contributed by atoms with E-state index in [0.29, 0.717) is 0 Å². The summed E-state index contributed by atoms with van der Waals surface area (Å²) in [6.07, 6.45) is 3.63. The zero-order valence-electron chi connectivity index (χ0n) is 15.2. The van der Waals surface area contributed by atoms with Gasteiger partial charge in [-0.05, 0) is 23.3 Å². The fourth-order valence-corrected chi connectivity index (χ4v) is 3.69. The number of amides is 1. The van der Waals surface area contributed by atoms with Crippen molar-refractivity contribution < 1.29 is 4.79 Å². The molecule has 1 fully saturated rings. The summed E-state index contributed by atoms with van der Waals surface area (Å²) in [7, 11) is 0. The molecule has 3 aromatic rings. The fourth-order valence-electron chi connectivity index (χ4n) is 3.69. The van der Waals surface area contributed by atoms with E-state index in [0.717, 1.165) is 37.3 Å². The zero-order valence-corrected chi connectivity index (χ0v) is 15.2. The first-order valence-electron chi connectivity index (χ1n) is 9.36. The molecule has 1 aromatic heterocycles. The molecule has 1 amide bonds. The summed E-state index contributed by atoms with van der Waals surface area (Å²) in [6.45, 7) is 3.15. The van der Waals surface area contributed by atoms with Crippen molar-refractivity contribution >= 4 is 11.6 Å². The topological polar surface area (TPSA) is 36.4 Å². The van der Waals surface area contributed by atoms with Gasteiger partial charge in [-0.15, -0.1) is 0 Å². The SMILES string of the molecule is O=C(C(c1ccccc1)c1ccccc1)N1CCN(c2ccncc2)CC1. The van der Waals surface area contributed by atoms with E-state index in [1.165, 1.54) is 5.69 Å². The lowest BCUT2D eigenvalue weighted by Gasteiger charge is -2.37. The Morgan fingerprint density at radius 2 is 1.26 bits per heavy atom. The average molecular weight is 357 g/mol. The van der Waals surface area contributed by atoms with Gasteiger partial charge in [-0.25, -0.2) is 0 Å². The standard InChI is InChI=1S/C23H23N3O/c27-23(26-17-15-25(16-18-26)21-11-13-24-14-12-21)22(19-7-3-1-4-8-19)20-9-5-2-6-10-20/h1-14,22H,15-18H2. The summed E-state index contributed by atoms with van der Waals surface area (Å²) in [5.41, 5.74) is 3.26. The maximum Gasteiger partial charge on any atom is 0.234 e. The van der Waals surface area contributed by atoms with Crippen LogP contribution in [0.15, 0.2) is 85.2 Å². The summed E-state index contributed by atoms with van der Waals surface area (Å²) < 4.78 is 0. The molecule has 0 spiro atoms. The molecule has 27 heavy (non-hydrogen) atoms. The maximum atomic E-state index is 13.4. The average Bonchev–Trinajstić information content (AvgIpc) is 2.76. The summed E-state index contributed by atoms with van der Waals surface area (Å²) in [5, 5.41) is 0. The van der Waals surface area contributed by atoms with Gasteiger partial charge in [0.15, 0.2) is 0 Å². The third-order valence-corrected chi connectivity index (χ3v) is 5.13. The number of carbonyl (C=O) groups is 1. The van der Waals surface area contributed by atoms with Crippen molar-refractivity contribution in [3.8, 4) is 0 Å². The molecule has 0 unspecified atom stereocenters. The lowest BCUT2D eigenvalue weighted by atomic mass is 9.90. The van der Waals surface area contributed by atoms with Gasteiger partial charge < -0.3 is 9.80 Å². The zero-order chi connectivity index (χ0) is 18.5. The third kappa shape index (κ3) is 3.85. The highest BCUT2D eigenvalue weighted by molar-refractivity contribution is 5.87. The molecule has 0 saturated carbocycles. The minimum Gasteiger partial charge on any atom is -0.368 e. The van der Waals surface area contributed by atoms with E-state index in [9.17, 15) is 4.79 Å². The van der Waals surface area contributed by atoms with Crippen LogP contribution in [0.2, 0.25) is 0 Å². The molecular formula is C23H23N3O. The van der Waals surface area contributed by atoms with Gasteiger partial charge in [0.25, 0.3) is 0 Å². The van der Waals surface area contributed by atoms with Gasteiger partial charge in [-0.1, -0.05) is 60.7 Å². The third-order valence-electron chi connectivity index (χ3n) is 5.13. The van der Waals surface area contributed by atoms with E-state index in [4.69, 9.17) is 0 Å². The summed E-state index contributed by atoms with van der Waals surface area (Å²) in [5.74, 6) is -0.0679. The van der Waals surface area contributed by atoms with E-state index in [1.54, 1.807) is 0 Å². The van der Waals surface area contributed by atoms with Crippen LogP contribution in [0.1, 0.15) is 17.0 Å². The Kier molecular flexibility index (Phi) is 5.15. The van der Waals surface area contributed by atoms with Crippen molar-refractivity contribution in [3.05, 3.63) is 96.3 Å². The number of pyridine rings is 1. The van der Waals surface area contributed by atoms with Gasteiger partial charge >= 0.3 is 0 Å². The predicted octanol–water partition coefficient (Wildman–Crippen LogP) is 3.56. The number of aromatic nitrogens is 1. The highest BCUT2D eigenvalue weighted by Gasteiger charge is 2.29. The molecule has 2 heterocycles. The van der Waals surface area contributed by atoms with Crippen molar-refractivity contribution in [1.82, 2.24) is 9.88 Å². The smallest absolute Gasteiger partial charge is 0.234 e. The van der Waals surface area contributed by atoms with Gasteiger partial charge in [0.2, 0.25) is 5.91 Å². The molecule has 0 radical (unpaired) electrons. The number of hydrogen-bond acceptors (Lipinski definition) is 3. The van der Waals surface area contributed by atoms with Gasteiger partial charge in [-0.2, -0.15) is 0 Å². The lowest BCUT2D eigenvalue weighted by Crippen LogP contribution is -2.50. The summed E-state index contributed by atoms with van der Waals surface area (Å²) in [6, 6.07) is 24.2. The minimum atomic E-state index is -0.250. The van der Waals surface area contributed by atoms with Crippen molar-refractivity contribution in [2.24, 2.45) is 0 Å². The largest absolute Gasteiger partial charge is 0.368 e. The normalized spacial score (nSPS) is 14.4. The molecule has 136 valence electrons. The number of nitrogens with zero attached hydrogens (tertiary/aromatic N) is 3. The van der Waals surface area contributed by atoms with Crippen LogP contribution < -0.4 is 4.90 Å². The second-order valence-electron chi connectivity index (χ2n) is 6.77.